The Labute approximate surface area is 128 Å². The van der Waals surface area contributed by atoms with Gasteiger partial charge in [0.2, 0.25) is 5.91 Å². The van der Waals surface area contributed by atoms with Crippen molar-refractivity contribution in [1.29, 1.82) is 0 Å². The maximum absolute atomic E-state index is 10.7. The zero-order chi connectivity index (χ0) is 15.1. The van der Waals surface area contributed by atoms with Crippen LogP contribution >= 0.6 is 23.2 Å². The van der Waals surface area contributed by atoms with Gasteiger partial charge in [-0.05, 0) is 25.1 Å². The molecule has 0 heterocycles. The standard InChI is InChI=1S/C13H18Cl2N2O3/c1-8(4-13(16)19)17-6-10(18)7-20-12-3-2-9(14)5-11(12)15/h2-3,5,8,10,17-18H,4,6-7H2,1H3,(H2,16,19). The Morgan fingerprint density at radius 1 is 1.50 bits per heavy atom. The molecule has 0 radical (unpaired) electrons. The van der Waals surface area contributed by atoms with Gasteiger partial charge in [0.1, 0.15) is 18.5 Å². The topological polar surface area (TPSA) is 84.6 Å². The lowest BCUT2D eigenvalue weighted by molar-refractivity contribution is -0.118. The molecule has 1 amide bonds. The van der Waals surface area contributed by atoms with Crippen LogP contribution in [0.4, 0.5) is 0 Å². The summed E-state index contributed by atoms with van der Waals surface area (Å²) in [5.74, 6) is 0.0731. The van der Waals surface area contributed by atoms with Gasteiger partial charge in [0.15, 0.2) is 0 Å². The van der Waals surface area contributed by atoms with E-state index in [0.29, 0.717) is 22.3 Å². The summed E-state index contributed by atoms with van der Waals surface area (Å²) in [5, 5.41) is 13.7. The minimum atomic E-state index is -0.725. The quantitative estimate of drug-likeness (QED) is 0.679. The number of halogens is 2. The molecule has 0 aliphatic heterocycles. The first kappa shape index (κ1) is 17.0. The van der Waals surface area contributed by atoms with Crippen molar-refractivity contribution in [1.82, 2.24) is 5.32 Å². The van der Waals surface area contributed by atoms with Gasteiger partial charge in [-0.25, -0.2) is 0 Å². The first-order valence-electron chi connectivity index (χ1n) is 6.16. The van der Waals surface area contributed by atoms with Gasteiger partial charge >= 0.3 is 0 Å². The van der Waals surface area contributed by atoms with E-state index in [1.165, 1.54) is 0 Å². The van der Waals surface area contributed by atoms with Gasteiger partial charge in [0.25, 0.3) is 0 Å². The second kappa shape index (κ2) is 8.32. The fraction of sp³-hybridized carbons (Fsp3) is 0.462. The normalized spacial score (nSPS) is 13.8. The third-order valence-electron chi connectivity index (χ3n) is 2.53. The van der Waals surface area contributed by atoms with E-state index in [0.717, 1.165) is 0 Å². The minimum Gasteiger partial charge on any atom is -0.489 e. The monoisotopic (exact) mass is 320 g/mol. The van der Waals surface area contributed by atoms with Crippen LogP contribution in [0, 0.1) is 0 Å². The third kappa shape index (κ3) is 6.43. The van der Waals surface area contributed by atoms with E-state index in [1.54, 1.807) is 18.2 Å². The van der Waals surface area contributed by atoms with Gasteiger partial charge in [-0.15, -0.1) is 0 Å². The number of carbonyl (C=O) groups excluding carboxylic acids is 1. The minimum absolute atomic E-state index is 0.0810. The molecule has 0 aliphatic rings. The van der Waals surface area contributed by atoms with Crippen LogP contribution in [0.1, 0.15) is 13.3 Å². The van der Waals surface area contributed by atoms with E-state index in [-0.39, 0.29) is 25.0 Å². The number of hydrogen-bond donors (Lipinski definition) is 3. The first-order chi connectivity index (χ1) is 9.38. The molecule has 2 unspecified atom stereocenters. The fourth-order valence-corrected chi connectivity index (χ4v) is 2.01. The molecule has 1 rings (SSSR count). The number of aliphatic hydroxyl groups is 1. The molecule has 4 N–H and O–H groups in total. The summed E-state index contributed by atoms with van der Waals surface area (Å²) < 4.78 is 5.39. The van der Waals surface area contributed by atoms with E-state index in [9.17, 15) is 9.90 Å². The van der Waals surface area contributed by atoms with Crippen molar-refractivity contribution in [2.75, 3.05) is 13.2 Å². The summed E-state index contributed by atoms with van der Waals surface area (Å²) in [6, 6.07) is 4.77. The van der Waals surface area contributed by atoms with E-state index in [1.807, 2.05) is 6.92 Å². The molecule has 0 spiro atoms. The number of carbonyl (C=O) groups is 1. The predicted octanol–water partition coefficient (Wildman–Crippen LogP) is 1.59. The summed E-state index contributed by atoms with van der Waals surface area (Å²) in [6.07, 6.45) is -0.506. The fourth-order valence-electron chi connectivity index (χ4n) is 1.55. The van der Waals surface area contributed by atoms with Crippen LogP contribution in [0.3, 0.4) is 0 Å². The smallest absolute Gasteiger partial charge is 0.218 e. The van der Waals surface area contributed by atoms with Gasteiger partial charge in [-0.3, -0.25) is 4.79 Å². The zero-order valence-electron chi connectivity index (χ0n) is 11.1. The SMILES string of the molecule is CC(CC(N)=O)NCC(O)COc1ccc(Cl)cc1Cl. The highest BCUT2D eigenvalue weighted by Gasteiger charge is 2.11. The number of amides is 1. The molecular formula is C13H18Cl2N2O3. The number of benzene rings is 1. The Balaban J connectivity index is 2.32. The number of hydrogen-bond acceptors (Lipinski definition) is 4. The Hall–Kier alpha value is -1.01. The molecule has 1 aromatic carbocycles. The molecule has 0 saturated carbocycles. The number of nitrogens with one attached hydrogen (secondary N) is 1. The van der Waals surface area contributed by atoms with Crippen LogP contribution in [0.5, 0.6) is 5.75 Å². The second-order valence-electron chi connectivity index (χ2n) is 4.52. The molecule has 0 saturated heterocycles. The Bertz CT molecular complexity index is 457. The maximum Gasteiger partial charge on any atom is 0.218 e. The van der Waals surface area contributed by atoms with Crippen LogP contribution in [0.25, 0.3) is 0 Å². The zero-order valence-corrected chi connectivity index (χ0v) is 12.6. The summed E-state index contributed by atoms with van der Waals surface area (Å²) in [4.78, 5) is 10.7. The average molecular weight is 321 g/mol. The van der Waals surface area contributed by atoms with Crippen LogP contribution in [0.15, 0.2) is 18.2 Å². The molecule has 0 fully saturated rings. The van der Waals surface area contributed by atoms with Crippen molar-refractivity contribution < 1.29 is 14.6 Å². The predicted molar refractivity (Wildman–Crippen MR) is 79.2 cm³/mol. The van der Waals surface area contributed by atoms with Gasteiger partial charge in [0.05, 0.1) is 5.02 Å². The summed E-state index contributed by atoms with van der Waals surface area (Å²) >= 11 is 11.7. The maximum atomic E-state index is 10.7. The Morgan fingerprint density at radius 2 is 2.20 bits per heavy atom. The number of aliphatic hydroxyl groups excluding tert-OH is 1. The van der Waals surface area contributed by atoms with Crippen LogP contribution in [-0.2, 0) is 4.79 Å². The van der Waals surface area contributed by atoms with Crippen LogP contribution in [-0.4, -0.2) is 36.3 Å². The Morgan fingerprint density at radius 3 is 2.80 bits per heavy atom. The number of nitrogens with two attached hydrogens (primary N) is 1. The number of ether oxygens (including phenoxy) is 1. The third-order valence-corrected chi connectivity index (χ3v) is 3.06. The highest BCUT2D eigenvalue weighted by Crippen LogP contribution is 2.27. The van der Waals surface area contributed by atoms with E-state index < -0.39 is 6.10 Å². The van der Waals surface area contributed by atoms with Crippen molar-refractivity contribution >= 4 is 29.1 Å². The van der Waals surface area contributed by atoms with Gasteiger partial charge < -0.3 is 20.9 Å². The largest absolute Gasteiger partial charge is 0.489 e. The number of primary amides is 1. The van der Waals surface area contributed by atoms with E-state index in [2.05, 4.69) is 5.32 Å². The molecule has 112 valence electrons. The summed E-state index contributed by atoms with van der Waals surface area (Å²) in [6.45, 7) is 2.19. The lowest BCUT2D eigenvalue weighted by atomic mass is 10.2. The molecular weight excluding hydrogens is 303 g/mol. The van der Waals surface area contributed by atoms with Crippen molar-refractivity contribution in [2.24, 2.45) is 5.73 Å². The lowest BCUT2D eigenvalue weighted by Crippen LogP contribution is -2.38. The molecule has 7 heteroatoms. The van der Waals surface area contributed by atoms with Gasteiger partial charge in [0, 0.05) is 24.0 Å². The van der Waals surface area contributed by atoms with Crippen molar-refractivity contribution in [3.63, 3.8) is 0 Å². The van der Waals surface area contributed by atoms with Crippen molar-refractivity contribution in [2.45, 2.75) is 25.5 Å². The molecule has 0 aliphatic carbocycles. The van der Waals surface area contributed by atoms with E-state index in [4.69, 9.17) is 33.7 Å². The molecule has 0 bridgehead atoms. The Kier molecular flexibility index (Phi) is 7.09. The molecule has 0 aromatic heterocycles. The van der Waals surface area contributed by atoms with Crippen LogP contribution in [0.2, 0.25) is 10.0 Å². The molecule has 20 heavy (non-hydrogen) atoms. The number of rotatable bonds is 8. The molecule has 5 nitrogen and oxygen atoms in total. The van der Waals surface area contributed by atoms with Crippen molar-refractivity contribution in [3.8, 4) is 5.75 Å². The molecule has 2 atom stereocenters. The lowest BCUT2D eigenvalue weighted by Gasteiger charge is -2.17. The van der Waals surface area contributed by atoms with Crippen molar-refractivity contribution in [3.05, 3.63) is 28.2 Å². The summed E-state index contributed by atoms with van der Waals surface area (Å²) in [7, 11) is 0. The molecule has 1 aromatic rings. The van der Waals surface area contributed by atoms with E-state index >= 15 is 0 Å². The van der Waals surface area contributed by atoms with Gasteiger partial charge in [-0.2, -0.15) is 0 Å². The van der Waals surface area contributed by atoms with Crippen LogP contribution < -0.4 is 15.8 Å². The summed E-state index contributed by atoms with van der Waals surface area (Å²) in [5.41, 5.74) is 5.07. The van der Waals surface area contributed by atoms with Gasteiger partial charge in [-0.1, -0.05) is 23.2 Å². The highest BCUT2D eigenvalue weighted by molar-refractivity contribution is 6.35. The second-order valence-corrected chi connectivity index (χ2v) is 5.36. The average Bonchev–Trinajstić information content (AvgIpc) is 2.34. The highest BCUT2D eigenvalue weighted by atomic mass is 35.5. The first-order valence-corrected chi connectivity index (χ1v) is 6.91.